The number of aryl methyl sites for hydroxylation is 1. The Hall–Kier alpha value is -2.58. The molecule has 0 aliphatic carbocycles. The molecule has 0 bridgehead atoms. The predicted octanol–water partition coefficient (Wildman–Crippen LogP) is 3.94. The second-order valence-electron chi connectivity index (χ2n) is 7.99. The Kier molecular flexibility index (Phi) is 5.60. The maximum atomic E-state index is 12.8. The highest BCUT2D eigenvalue weighted by atomic mass is 32.2. The third-order valence-electron chi connectivity index (χ3n) is 4.34. The number of rotatable bonds is 6. The Balaban J connectivity index is 1.83. The van der Waals surface area contributed by atoms with E-state index in [9.17, 15) is 13.2 Å². The minimum Gasteiger partial charge on any atom is -0.461 e. The largest absolute Gasteiger partial charge is 0.461 e. The highest BCUT2D eigenvalue weighted by Gasteiger charge is 2.27. The van der Waals surface area contributed by atoms with Gasteiger partial charge in [-0.3, -0.25) is 4.79 Å². The summed E-state index contributed by atoms with van der Waals surface area (Å²) in [4.78, 5) is 14.3. The van der Waals surface area contributed by atoms with Gasteiger partial charge in [0.1, 0.15) is 11.3 Å². The molecular weight excluding hydrogens is 392 g/mol. The van der Waals surface area contributed by atoms with Crippen LogP contribution in [0.3, 0.4) is 0 Å². The zero-order valence-corrected chi connectivity index (χ0v) is 18.1. The van der Waals surface area contributed by atoms with Crippen LogP contribution in [0.1, 0.15) is 49.6 Å². The van der Waals surface area contributed by atoms with Gasteiger partial charge in [-0.15, -0.1) is 0 Å². The van der Waals surface area contributed by atoms with Crippen molar-refractivity contribution in [3.8, 4) is 0 Å². The number of hydrogen-bond acceptors (Lipinski definition) is 5. The van der Waals surface area contributed by atoms with Gasteiger partial charge in [0.2, 0.25) is 5.09 Å². The molecular formula is C21H26N2O5S. The maximum Gasteiger partial charge on any atom is 0.289 e. The first kappa shape index (κ1) is 21.1. The van der Waals surface area contributed by atoms with Crippen molar-refractivity contribution in [2.75, 3.05) is 7.05 Å². The van der Waals surface area contributed by atoms with Crippen LogP contribution in [-0.4, -0.2) is 31.8 Å². The average molecular weight is 419 g/mol. The van der Waals surface area contributed by atoms with E-state index in [2.05, 4.69) is 4.72 Å². The Morgan fingerprint density at radius 2 is 1.79 bits per heavy atom. The topological polar surface area (TPSA) is 92.8 Å². The van der Waals surface area contributed by atoms with Gasteiger partial charge < -0.3 is 13.7 Å². The summed E-state index contributed by atoms with van der Waals surface area (Å²) in [6.45, 7) is 7.51. The molecule has 0 atom stereocenters. The molecule has 2 aromatic heterocycles. The zero-order chi connectivity index (χ0) is 21.4. The number of furan rings is 2. The molecule has 0 unspecified atom stereocenters. The molecule has 0 aliphatic rings. The van der Waals surface area contributed by atoms with E-state index in [0.717, 1.165) is 22.3 Å². The Morgan fingerprint density at radius 3 is 2.45 bits per heavy atom. The minimum atomic E-state index is -3.85. The van der Waals surface area contributed by atoms with Crippen molar-refractivity contribution in [1.29, 1.82) is 0 Å². The number of benzene rings is 1. The number of nitrogens with zero attached hydrogens (tertiary/aromatic N) is 1. The van der Waals surface area contributed by atoms with Crippen LogP contribution < -0.4 is 4.72 Å². The lowest BCUT2D eigenvalue weighted by molar-refractivity contribution is 0.0747. The molecule has 0 aliphatic heterocycles. The molecule has 29 heavy (non-hydrogen) atoms. The molecule has 7 nitrogen and oxygen atoms in total. The Morgan fingerprint density at radius 1 is 1.10 bits per heavy atom. The van der Waals surface area contributed by atoms with Crippen LogP contribution in [0.2, 0.25) is 0 Å². The smallest absolute Gasteiger partial charge is 0.289 e. The van der Waals surface area contributed by atoms with Crippen molar-refractivity contribution in [2.45, 2.75) is 51.3 Å². The second-order valence-corrected chi connectivity index (χ2v) is 9.60. The van der Waals surface area contributed by atoms with Crippen LogP contribution in [0, 0.1) is 0 Å². The van der Waals surface area contributed by atoms with Crippen LogP contribution in [-0.2, 0) is 23.0 Å². The summed E-state index contributed by atoms with van der Waals surface area (Å²) < 4.78 is 38.6. The third kappa shape index (κ3) is 4.54. The van der Waals surface area contributed by atoms with Crippen molar-refractivity contribution < 1.29 is 22.0 Å². The fraction of sp³-hybridized carbons (Fsp3) is 0.381. The first-order chi connectivity index (χ1) is 13.5. The van der Waals surface area contributed by atoms with Gasteiger partial charge >= 0.3 is 0 Å². The van der Waals surface area contributed by atoms with E-state index in [1.54, 1.807) is 27.8 Å². The number of amides is 1. The van der Waals surface area contributed by atoms with Crippen LogP contribution in [0.15, 0.2) is 50.3 Å². The van der Waals surface area contributed by atoms with E-state index in [1.165, 1.54) is 17.0 Å². The Bertz CT molecular complexity index is 1140. The van der Waals surface area contributed by atoms with E-state index >= 15 is 0 Å². The lowest BCUT2D eigenvalue weighted by atomic mass is 10.1. The van der Waals surface area contributed by atoms with Gasteiger partial charge in [-0.25, -0.2) is 13.1 Å². The van der Waals surface area contributed by atoms with Gasteiger partial charge in [0, 0.05) is 36.5 Å². The molecule has 1 N–H and O–H groups in total. The van der Waals surface area contributed by atoms with Crippen LogP contribution in [0.25, 0.3) is 11.0 Å². The molecule has 0 fully saturated rings. The summed E-state index contributed by atoms with van der Waals surface area (Å²) in [6.07, 6.45) is 0.702. The first-order valence-corrected chi connectivity index (χ1v) is 10.9. The molecule has 0 radical (unpaired) electrons. The Labute approximate surface area is 170 Å². The SMILES string of the molecule is CCc1oc2ccccc2c1CN(C)C(=O)c1ccc(S(=O)(=O)NC(C)(C)C)o1. The molecule has 8 heteroatoms. The third-order valence-corrected chi connectivity index (χ3v) is 5.97. The van der Waals surface area contributed by atoms with Crippen LogP contribution in [0.4, 0.5) is 0 Å². The van der Waals surface area contributed by atoms with Gasteiger partial charge in [0.15, 0.2) is 5.76 Å². The summed E-state index contributed by atoms with van der Waals surface area (Å²) >= 11 is 0. The van der Waals surface area contributed by atoms with E-state index in [4.69, 9.17) is 8.83 Å². The summed E-state index contributed by atoms with van der Waals surface area (Å²) in [6, 6.07) is 10.4. The minimum absolute atomic E-state index is 0.0346. The second kappa shape index (κ2) is 7.68. The summed E-state index contributed by atoms with van der Waals surface area (Å²) in [7, 11) is -2.20. The van der Waals surface area contributed by atoms with Crippen LogP contribution in [0.5, 0.6) is 0 Å². The van der Waals surface area contributed by atoms with Gasteiger partial charge in [0.25, 0.3) is 15.9 Å². The van der Waals surface area contributed by atoms with E-state index in [-0.39, 0.29) is 10.9 Å². The van der Waals surface area contributed by atoms with E-state index < -0.39 is 21.5 Å². The molecule has 0 saturated heterocycles. The van der Waals surface area contributed by atoms with Crippen molar-refractivity contribution in [2.24, 2.45) is 0 Å². The fourth-order valence-electron chi connectivity index (χ4n) is 3.14. The van der Waals surface area contributed by atoms with Crippen molar-refractivity contribution >= 4 is 26.9 Å². The number of hydrogen-bond donors (Lipinski definition) is 1. The quantitative estimate of drug-likeness (QED) is 0.655. The fourth-order valence-corrected chi connectivity index (χ4v) is 4.49. The molecule has 3 rings (SSSR count). The van der Waals surface area contributed by atoms with Gasteiger partial charge in [-0.1, -0.05) is 25.1 Å². The number of sulfonamides is 1. The van der Waals surface area contributed by atoms with Gasteiger partial charge in [0.05, 0.1) is 0 Å². The predicted molar refractivity (Wildman–Crippen MR) is 110 cm³/mol. The standard InChI is InChI=1S/C21H26N2O5S/c1-6-16-15(14-9-7-8-10-17(14)27-16)13-23(5)20(24)18-11-12-19(28-18)29(25,26)22-21(2,3)4/h7-12,22H,6,13H2,1-5H3. The molecule has 1 aromatic carbocycles. The van der Waals surface area contributed by atoms with Crippen LogP contribution >= 0.6 is 0 Å². The van der Waals surface area contributed by atoms with E-state index in [1.807, 2.05) is 31.2 Å². The lowest BCUT2D eigenvalue weighted by Crippen LogP contribution is -2.40. The first-order valence-electron chi connectivity index (χ1n) is 9.40. The molecule has 0 spiro atoms. The lowest BCUT2D eigenvalue weighted by Gasteiger charge is -2.19. The molecule has 156 valence electrons. The summed E-state index contributed by atoms with van der Waals surface area (Å²) in [5, 5.41) is 0.674. The molecule has 0 saturated carbocycles. The van der Waals surface area contributed by atoms with Gasteiger partial charge in [-0.2, -0.15) is 0 Å². The summed E-state index contributed by atoms with van der Waals surface area (Å²) in [5.74, 6) is 0.380. The molecule has 1 amide bonds. The van der Waals surface area contributed by atoms with Crippen molar-refractivity contribution in [1.82, 2.24) is 9.62 Å². The normalized spacial score (nSPS) is 12.4. The van der Waals surface area contributed by atoms with E-state index in [0.29, 0.717) is 13.0 Å². The maximum absolute atomic E-state index is 12.8. The monoisotopic (exact) mass is 418 g/mol. The average Bonchev–Trinajstić information content (AvgIpc) is 3.25. The molecule has 3 aromatic rings. The number of carbonyl (C=O) groups is 1. The van der Waals surface area contributed by atoms with Gasteiger partial charge in [-0.05, 0) is 39.0 Å². The van der Waals surface area contributed by atoms with Crippen molar-refractivity contribution in [3.63, 3.8) is 0 Å². The highest BCUT2D eigenvalue weighted by Crippen LogP contribution is 2.28. The number of para-hydroxylation sites is 1. The van der Waals surface area contributed by atoms with Crippen molar-refractivity contribution in [3.05, 3.63) is 53.5 Å². The number of fused-ring (bicyclic) bond motifs is 1. The number of carbonyl (C=O) groups excluding carboxylic acids is 1. The molecule has 2 heterocycles. The number of nitrogens with one attached hydrogen (secondary N) is 1. The summed E-state index contributed by atoms with van der Waals surface area (Å²) in [5.41, 5.74) is 1.05. The zero-order valence-electron chi connectivity index (χ0n) is 17.3. The highest BCUT2D eigenvalue weighted by molar-refractivity contribution is 7.89.